The highest BCUT2D eigenvalue weighted by Crippen LogP contribution is 2.29. The second-order valence-electron chi connectivity index (χ2n) is 3.77. The summed E-state index contributed by atoms with van der Waals surface area (Å²) in [6.45, 7) is 0. The van der Waals surface area contributed by atoms with E-state index >= 15 is 0 Å². The largest absolute Gasteiger partial charge is 0.475 e. The number of rotatable bonds is 4. The van der Waals surface area contributed by atoms with Crippen LogP contribution in [0.5, 0.6) is 0 Å². The van der Waals surface area contributed by atoms with Gasteiger partial charge in [0, 0.05) is 6.07 Å². The first-order valence-corrected chi connectivity index (χ1v) is 7.07. The number of sulfonamides is 1. The van der Waals surface area contributed by atoms with Crippen molar-refractivity contribution in [1.82, 2.24) is 0 Å². The summed E-state index contributed by atoms with van der Waals surface area (Å²) in [6, 6.07) is 2.95. The molecule has 1 aromatic carbocycles. The molecule has 0 saturated carbocycles. The highest BCUT2D eigenvalue weighted by molar-refractivity contribution is 7.92. The van der Waals surface area contributed by atoms with Crippen LogP contribution in [0.3, 0.4) is 0 Å². The van der Waals surface area contributed by atoms with Crippen LogP contribution in [-0.4, -0.2) is 19.5 Å². The Labute approximate surface area is 122 Å². The molecular formula is C11H6ClF2NO5S. The second kappa shape index (κ2) is 5.34. The molecular weight excluding hydrogens is 332 g/mol. The van der Waals surface area contributed by atoms with Crippen molar-refractivity contribution in [2.45, 2.75) is 5.09 Å². The van der Waals surface area contributed by atoms with Gasteiger partial charge in [-0.2, -0.15) is 8.42 Å². The summed E-state index contributed by atoms with van der Waals surface area (Å²) in [5.41, 5.74) is -0.675. The maximum atomic E-state index is 13.5. The van der Waals surface area contributed by atoms with E-state index in [4.69, 9.17) is 16.7 Å². The number of carbonyl (C=O) groups is 1. The number of halogens is 3. The molecule has 0 aliphatic heterocycles. The lowest BCUT2D eigenvalue weighted by Gasteiger charge is -2.08. The number of anilines is 1. The molecule has 1 aromatic heterocycles. The molecule has 0 aliphatic rings. The predicted octanol–water partition coefficient (Wildman–Crippen LogP) is 2.71. The van der Waals surface area contributed by atoms with Crippen molar-refractivity contribution in [3.05, 3.63) is 46.7 Å². The van der Waals surface area contributed by atoms with Crippen molar-refractivity contribution in [2.75, 3.05) is 4.72 Å². The van der Waals surface area contributed by atoms with Crippen LogP contribution in [0.4, 0.5) is 14.5 Å². The molecule has 0 radical (unpaired) electrons. The molecule has 2 N–H and O–H groups in total. The summed E-state index contributed by atoms with van der Waals surface area (Å²) < 4.78 is 56.6. The monoisotopic (exact) mass is 337 g/mol. The minimum atomic E-state index is -4.41. The van der Waals surface area contributed by atoms with Crippen molar-refractivity contribution in [3.8, 4) is 0 Å². The Morgan fingerprint density at radius 1 is 1.29 bits per heavy atom. The van der Waals surface area contributed by atoms with Crippen LogP contribution in [0, 0.1) is 11.6 Å². The lowest BCUT2D eigenvalue weighted by atomic mass is 10.3. The van der Waals surface area contributed by atoms with Gasteiger partial charge >= 0.3 is 5.97 Å². The minimum Gasteiger partial charge on any atom is -0.475 e. The first kappa shape index (κ1) is 15.3. The summed E-state index contributed by atoms with van der Waals surface area (Å²) in [6.07, 6.45) is 0. The molecule has 0 spiro atoms. The normalized spacial score (nSPS) is 11.4. The van der Waals surface area contributed by atoms with E-state index < -0.39 is 49.2 Å². The van der Waals surface area contributed by atoms with E-state index in [2.05, 4.69) is 4.42 Å². The van der Waals surface area contributed by atoms with Gasteiger partial charge in [-0.3, -0.25) is 4.72 Å². The number of furan rings is 1. The summed E-state index contributed by atoms with van der Waals surface area (Å²) in [5, 5.41) is 7.39. The minimum absolute atomic E-state index is 0.439. The average Bonchev–Trinajstić information content (AvgIpc) is 2.84. The van der Waals surface area contributed by atoms with E-state index in [-0.39, 0.29) is 0 Å². The molecule has 0 bridgehead atoms. The van der Waals surface area contributed by atoms with Gasteiger partial charge in [-0.1, -0.05) is 11.6 Å². The maximum Gasteiger partial charge on any atom is 0.371 e. The lowest BCUT2D eigenvalue weighted by Crippen LogP contribution is -2.14. The predicted molar refractivity (Wildman–Crippen MR) is 67.8 cm³/mol. The third-order valence-corrected chi connectivity index (χ3v) is 3.82. The van der Waals surface area contributed by atoms with Gasteiger partial charge in [0.05, 0.1) is 5.02 Å². The van der Waals surface area contributed by atoms with E-state index in [0.29, 0.717) is 12.1 Å². The zero-order chi connectivity index (χ0) is 15.8. The molecule has 112 valence electrons. The number of nitrogens with one attached hydrogen (secondary N) is 1. The summed E-state index contributed by atoms with van der Waals surface area (Å²) in [5.74, 6) is -4.29. The molecule has 0 amide bonds. The molecule has 6 nitrogen and oxygen atoms in total. The Morgan fingerprint density at radius 2 is 1.95 bits per heavy atom. The zero-order valence-electron chi connectivity index (χ0n) is 9.93. The molecule has 10 heteroatoms. The Morgan fingerprint density at radius 3 is 2.48 bits per heavy atom. The SMILES string of the molecule is O=C(O)c1ccc(S(=O)(=O)Nc2c(F)cc(F)cc2Cl)o1. The molecule has 21 heavy (non-hydrogen) atoms. The molecule has 0 saturated heterocycles. The van der Waals surface area contributed by atoms with E-state index in [1.54, 1.807) is 4.72 Å². The Bertz CT molecular complexity index is 795. The summed E-state index contributed by atoms with van der Waals surface area (Å²) in [4.78, 5) is 10.6. The number of benzene rings is 1. The van der Waals surface area contributed by atoms with Crippen LogP contribution in [-0.2, 0) is 10.0 Å². The van der Waals surface area contributed by atoms with Gasteiger partial charge in [0.1, 0.15) is 11.5 Å². The van der Waals surface area contributed by atoms with Gasteiger partial charge in [0.25, 0.3) is 10.0 Å². The first-order valence-electron chi connectivity index (χ1n) is 5.21. The number of carboxylic acid groups (broad SMARTS) is 1. The van der Waals surface area contributed by atoms with E-state index in [9.17, 15) is 22.0 Å². The Hall–Kier alpha value is -2.13. The maximum absolute atomic E-state index is 13.5. The van der Waals surface area contributed by atoms with Crippen LogP contribution in [0.1, 0.15) is 10.6 Å². The zero-order valence-corrected chi connectivity index (χ0v) is 11.5. The fraction of sp³-hybridized carbons (Fsp3) is 0. The van der Waals surface area contributed by atoms with Gasteiger partial charge in [-0.25, -0.2) is 13.6 Å². The average molecular weight is 338 g/mol. The quantitative estimate of drug-likeness (QED) is 0.894. The third-order valence-electron chi connectivity index (χ3n) is 2.30. The third kappa shape index (κ3) is 3.14. The van der Waals surface area contributed by atoms with Gasteiger partial charge < -0.3 is 9.52 Å². The van der Waals surface area contributed by atoms with Crippen molar-refractivity contribution >= 4 is 33.3 Å². The van der Waals surface area contributed by atoms with Crippen LogP contribution >= 0.6 is 11.6 Å². The fourth-order valence-electron chi connectivity index (χ4n) is 1.40. The molecule has 1 heterocycles. The number of hydrogen-bond acceptors (Lipinski definition) is 4. The van der Waals surface area contributed by atoms with Crippen molar-refractivity contribution in [2.24, 2.45) is 0 Å². The highest BCUT2D eigenvalue weighted by atomic mass is 35.5. The summed E-state index contributed by atoms with van der Waals surface area (Å²) >= 11 is 5.55. The number of aromatic carboxylic acids is 1. The number of hydrogen-bond donors (Lipinski definition) is 2. The molecule has 0 unspecified atom stereocenters. The van der Waals surface area contributed by atoms with Crippen LogP contribution in [0.25, 0.3) is 0 Å². The number of carboxylic acids is 1. The highest BCUT2D eigenvalue weighted by Gasteiger charge is 2.24. The summed E-state index contributed by atoms with van der Waals surface area (Å²) in [7, 11) is -4.41. The Balaban J connectivity index is 2.40. The second-order valence-corrected chi connectivity index (χ2v) is 5.79. The van der Waals surface area contributed by atoms with Crippen LogP contribution < -0.4 is 4.72 Å². The molecule has 0 atom stereocenters. The fourth-order valence-corrected chi connectivity index (χ4v) is 2.73. The van der Waals surface area contributed by atoms with Crippen LogP contribution in [0.2, 0.25) is 5.02 Å². The van der Waals surface area contributed by atoms with Crippen molar-refractivity contribution < 1.29 is 31.5 Å². The standard InChI is InChI=1S/C11H6ClF2NO5S/c12-6-3-5(13)4-7(14)10(6)15-21(18,19)9-2-1-8(20-9)11(16)17/h1-4,15H,(H,16,17). The Kier molecular flexibility index (Phi) is 3.88. The van der Waals surface area contributed by atoms with E-state index in [1.807, 2.05) is 0 Å². The van der Waals surface area contributed by atoms with E-state index in [1.165, 1.54) is 0 Å². The first-order chi connectivity index (χ1) is 9.70. The molecule has 0 aliphatic carbocycles. The molecule has 2 rings (SSSR count). The van der Waals surface area contributed by atoms with Gasteiger partial charge in [0.2, 0.25) is 10.9 Å². The van der Waals surface area contributed by atoms with Gasteiger partial charge in [-0.05, 0) is 18.2 Å². The lowest BCUT2D eigenvalue weighted by molar-refractivity contribution is 0.0656. The van der Waals surface area contributed by atoms with Gasteiger partial charge in [-0.15, -0.1) is 0 Å². The molecule has 2 aromatic rings. The van der Waals surface area contributed by atoms with Gasteiger partial charge in [0.15, 0.2) is 5.82 Å². The van der Waals surface area contributed by atoms with Crippen molar-refractivity contribution in [1.29, 1.82) is 0 Å². The smallest absolute Gasteiger partial charge is 0.371 e. The van der Waals surface area contributed by atoms with Crippen molar-refractivity contribution in [3.63, 3.8) is 0 Å². The van der Waals surface area contributed by atoms with E-state index in [0.717, 1.165) is 12.1 Å². The van der Waals surface area contributed by atoms with Crippen LogP contribution in [0.15, 0.2) is 33.8 Å². The molecule has 0 fully saturated rings. The topological polar surface area (TPSA) is 96.6 Å².